The molecule has 3 rings (SSSR count). The summed E-state index contributed by atoms with van der Waals surface area (Å²) in [5, 5.41) is 1.14. The normalized spacial score (nSPS) is 11.6. The minimum atomic E-state index is 0.606. The molecular formula is C15H15NS2. The maximum absolute atomic E-state index is 4.56. The monoisotopic (exact) mass is 273 g/mol. The van der Waals surface area contributed by atoms with Crippen LogP contribution in [-0.2, 0) is 0 Å². The van der Waals surface area contributed by atoms with Crippen molar-refractivity contribution in [3.05, 3.63) is 40.2 Å². The van der Waals surface area contributed by atoms with Gasteiger partial charge in [0.15, 0.2) is 0 Å². The Morgan fingerprint density at radius 2 is 1.89 bits per heavy atom. The van der Waals surface area contributed by atoms with Gasteiger partial charge in [-0.1, -0.05) is 19.9 Å². The topological polar surface area (TPSA) is 12.9 Å². The maximum atomic E-state index is 4.56. The van der Waals surface area contributed by atoms with Gasteiger partial charge < -0.3 is 0 Å². The van der Waals surface area contributed by atoms with E-state index in [0.717, 1.165) is 10.5 Å². The highest BCUT2D eigenvalue weighted by atomic mass is 32.1. The van der Waals surface area contributed by atoms with E-state index in [4.69, 9.17) is 0 Å². The van der Waals surface area contributed by atoms with Crippen molar-refractivity contribution >= 4 is 32.9 Å². The summed E-state index contributed by atoms with van der Waals surface area (Å²) in [7, 11) is 0. The molecule has 0 spiro atoms. The highest BCUT2D eigenvalue weighted by molar-refractivity contribution is 7.18. The predicted octanol–water partition coefficient (Wildman–Crippen LogP) is 5.46. The number of hydrogen-bond acceptors (Lipinski definition) is 3. The molecular weight excluding hydrogens is 258 g/mol. The standard InChI is InChI=1S/C15H15NS2/c1-9(2)13-6-7-14(18-13)11-4-5-15-12(8-11)16-10(3)17-15/h4-9H,1-3H3. The fourth-order valence-corrected chi connectivity index (χ4v) is 3.83. The largest absolute Gasteiger partial charge is 0.241 e. The van der Waals surface area contributed by atoms with Crippen molar-refractivity contribution in [1.29, 1.82) is 0 Å². The van der Waals surface area contributed by atoms with Crippen LogP contribution >= 0.6 is 22.7 Å². The molecule has 2 aromatic heterocycles. The number of rotatable bonds is 2. The number of nitrogens with zero attached hydrogens (tertiary/aromatic N) is 1. The molecule has 0 unspecified atom stereocenters. The molecule has 0 atom stereocenters. The first kappa shape index (κ1) is 11.9. The van der Waals surface area contributed by atoms with Gasteiger partial charge in [0.25, 0.3) is 0 Å². The van der Waals surface area contributed by atoms with Gasteiger partial charge in [0.1, 0.15) is 0 Å². The number of fused-ring (bicyclic) bond motifs is 1. The average molecular weight is 273 g/mol. The number of thiophene rings is 1. The predicted molar refractivity (Wildman–Crippen MR) is 81.8 cm³/mol. The van der Waals surface area contributed by atoms with Gasteiger partial charge in [0.05, 0.1) is 15.2 Å². The minimum absolute atomic E-state index is 0.606. The van der Waals surface area contributed by atoms with Crippen LogP contribution in [0.2, 0.25) is 0 Å². The van der Waals surface area contributed by atoms with Gasteiger partial charge in [0, 0.05) is 9.75 Å². The van der Waals surface area contributed by atoms with E-state index in [1.54, 1.807) is 11.3 Å². The Morgan fingerprint density at radius 3 is 2.61 bits per heavy atom. The molecule has 2 heterocycles. The third-order valence-electron chi connectivity index (χ3n) is 2.97. The first-order chi connectivity index (χ1) is 8.63. The second-order valence-electron chi connectivity index (χ2n) is 4.77. The first-order valence-corrected chi connectivity index (χ1v) is 7.74. The van der Waals surface area contributed by atoms with Crippen LogP contribution in [0.5, 0.6) is 0 Å². The summed E-state index contributed by atoms with van der Waals surface area (Å²) in [6, 6.07) is 11.1. The van der Waals surface area contributed by atoms with Crippen LogP contribution in [0.15, 0.2) is 30.3 Å². The number of benzene rings is 1. The number of aromatic nitrogens is 1. The quantitative estimate of drug-likeness (QED) is 0.604. The molecule has 18 heavy (non-hydrogen) atoms. The van der Waals surface area contributed by atoms with E-state index in [-0.39, 0.29) is 0 Å². The van der Waals surface area contributed by atoms with Crippen molar-refractivity contribution in [2.24, 2.45) is 0 Å². The van der Waals surface area contributed by atoms with Crippen LogP contribution in [0.25, 0.3) is 20.7 Å². The van der Waals surface area contributed by atoms with E-state index >= 15 is 0 Å². The second kappa shape index (κ2) is 4.48. The van der Waals surface area contributed by atoms with Crippen molar-refractivity contribution in [2.45, 2.75) is 26.7 Å². The van der Waals surface area contributed by atoms with Crippen LogP contribution < -0.4 is 0 Å². The summed E-state index contributed by atoms with van der Waals surface area (Å²) in [6.45, 7) is 6.54. The molecule has 0 N–H and O–H groups in total. The van der Waals surface area contributed by atoms with Crippen LogP contribution in [-0.4, -0.2) is 4.98 Å². The van der Waals surface area contributed by atoms with E-state index in [1.807, 2.05) is 11.3 Å². The smallest absolute Gasteiger partial charge is 0.0907 e. The van der Waals surface area contributed by atoms with Gasteiger partial charge in [-0.3, -0.25) is 0 Å². The second-order valence-corrected chi connectivity index (χ2v) is 7.12. The Hall–Kier alpha value is -1.19. The molecule has 1 aromatic carbocycles. The Morgan fingerprint density at radius 1 is 1.06 bits per heavy atom. The zero-order valence-corrected chi connectivity index (χ0v) is 12.4. The SMILES string of the molecule is Cc1nc2cc(-c3ccc(C(C)C)s3)ccc2s1. The molecule has 0 amide bonds. The third kappa shape index (κ3) is 2.08. The molecule has 0 radical (unpaired) electrons. The van der Waals surface area contributed by atoms with Crippen molar-refractivity contribution in [2.75, 3.05) is 0 Å². The molecule has 0 saturated heterocycles. The van der Waals surface area contributed by atoms with E-state index in [9.17, 15) is 0 Å². The van der Waals surface area contributed by atoms with Crippen LogP contribution in [0.4, 0.5) is 0 Å². The molecule has 92 valence electrons. The molecule has 0 aliphatic rings. The van der Waals surface area contributed by atoms with Crippen molar-refractivity contribution in [1.82, 2.24) is 4.98 Å². The average Bonchev–Trinajstić information content (AvgIpc) is 2.91. The Bertz CT molecular complexity index is 691. The Kier molecular flexibility index (Phi) is 2.96. The lowest BCUT2D eigenvalue weighted by Crippen LogP contribution is -1.77. The van der Waals surface area contributed by atoms with Gasteiger partial charge in [-0.25, -0.2) is 4.98 Å². The maximum Gasteiger partial charge on any atom is 0.0907 e. The van der Waals surface area contributed by atoms with Crippen LogP contribution in [0.3, 0.4) is 0 Å². The molecule has 1 nitrogen and oxygen atoms in total. The molecule has 0 bridgehead atoms. The van der Waals surface area contributed by atoms with Gasteiger partial charge in [-0.15, -0.1) is 22.7 Å². The lowest BCUT2D eigenvalue weighted by atomic mass is 10.1. The summed E-state index contributed by atoms with van der Waals surface area (Å²) >= 11 is 3.64. The first-order valence-electron chi connectivity index (χ1n) is 6.11. The van der Waals surface area contributed by atoms with Crippen molar-refractivity contribution < 1.29 is 0 Å². The summed E-state index contributed by atoms with van der Waals surface area (Å²) < 4.78 is 1.27. The molecule has 0 fully saturated rings. The summed E-state index contributed by atoms with van der Waals surface area (Å²) in [4.78, 5) is 7.35. The molecule has 3 heteroatoms. The van der Waals surface area contributed by atoms with Crippen molar-refractivity contribution in [3.8, 4) is 10.4 Å². The number of thiazole rings is 1. The fraction of sp³-hybridized carbons (Fsp3) is 0.267. The van der Waals surface area contributed by atoms with Crippen molar-refractivity contribution in [3.63, 3.8) is 0 Å². The molecule has 0 saturated carbocycles. The number of hydrogen-bond donors (Lipinski definition) is 0. The molecule has 0 aliphatic heterocycles. The molecule has 0 aliphatic carbocycles. The summed E-state index contributed by atoms with van der Waals surface area (Å²) in [5.74, 6) is 0.606. The van der Waals surface area contributed by atoms with E-state index in [1.165, 1.54) is 20.0 Å². The Labute approximate surface area is 115 Å². The lowest BCUT2D eigenvalue weighted by Gasteiger charge is -1.99. The zero-order chi connectivity index (χ0) is 12.7. The minimum Gasteiger partial charge on any atom is -0.241 e. The van der Waals surface area contributed by atoms with Crippen LogP contribution in [0, 0.1) is 6.92 Å². The molecule has 3 aromatic rings. The van der Waals surface area contributed by atoms with Gasteiger partial charge in [-0.2, -0.15) is 0 Å². The summed E-state index contributed by atoms with van der Waals surface area (Å²) in [5.41, 5.74) is 2.40. The third-order valence-corrected chi connectivity index (χ3v) is 5.36. The van der Waals surface area contributed by atoms with Gasteiger partial charge in [-0.05, 0) is 42.7 Å². The zero-order valence-electron chi connectivity index (χ0n) is 10.7. The van der Waals surface area contributed by atoms with Gasteiger partial charge in [0.2, 0.25) is 0 Å². The van der Waals surface area contributed by atoms with Gasteiger partial charge >= 0.3 is 0 Å². The lowest BCUT2D eigenvalue weighted by molar-refractivity contribution is 0.890. The highest BCUT2D eigenvalue weighted by Gasteiger charge is 2.07. The van der Waals surface area contributed by atoms with E-state index in [2.05, 4.69) is 56.1 Å². The Balaban J connectivity index is 2.06. The van der Waals surface area contributed by atoms with E-state index in [0.29, 0.717) is 5.92 Å². The summed E-state index contributed by atoms with van der Waals surface area (Å²) in [6.07, 6.45) is 0. The van der Waals surface area contributed by atoms with E-state index < -0.39 is 0 Å². The van der Waals surface area contributed by atoms with Crippen LogP contribution in [0.1, 0.15) is 29.7 Å². The number of aryl methyl sites for hydroxylation is 1. The highest BCUT2D eigenvalue weighted by Crippen LogP contribution is 2.34. The fourth-order valence-electron chi connectivity index (χ4n) is 2.01.